The van der Waals surface area contributed by atoms with E-state index >= 15 is 0 Å². The monoisotopic (exact) mass is 745 g/mol. The molecule has 2 aromatic carbocycles. The first kappa shape index (κ1) is 38.6. The molecular weight excluding hydrogens is 697 g/mol. The summed E-state index contributed by atoms with van der Waals surface area (Å²) in [6, 6.07) is 10.7. The highest BCUT2D eigenvalue weighted by Gasteiger charge is 2.58. The normalized spacial score (nSPS) is 20.9. The van der Waals surface area contributed by atoms with Crippen LogP contribution in [-0.2, 0) is 59.0 Å². The highest BCUT2D eigenvalue weighted by atomic mass is 19.1. The summed E-state index contributed by atoms with van der Waals surface area (Å²) in [5.41, 5.74) is 0.988. The van der Waals surface area contributed by atoms with Crippen molar-refractivity contribution in [3.8, 4) is 11.1 Å². The zero-order chi connectivity index (χ0) is 39.2. The molecule has 13 nitrogen and oxygen atoms in total. The van der Waals surface area contributed by atoms with Crippen LogP contribution in [0.4, 0.5) is 9.18 Å². The summed E-state index contributed by atoms with van der Waals surface area (Å²) in [5.74, 6) is -2.53. The molecule has 1 atom stereocenters. The molecule has 1 spiro atoms. The molecule has 0 unspecified atom stereocenters. The summed E-state index contributed by atoms with van der Waals surface area (Å²) in [7, 11) is 1.83. The minimum absolute atomic E-state index is 0.0802. The van der Waals surface area contributed by atoms with E-state index in [4.69, 9.17) is 14.2 Å². The van der Waals surface area contributed by atoms with Gasteiger partial charge in [0.15, 0.2) is 0 Å². The zero-order valence-corrected chi connectivity index (χ0v) is 31.9. The molecule has 288 valence electrons. The van der Waals surface area contributed by atoms with Crippen molar-refractivity contribution in [1.82, 2.24) is 24.5 Å². The Kier molecular flexibility index (Phi) is 10.4. The Bertz CT molecular complexity index is 1910. The summed E-state index contributed by atoms with van der Waals surface area (Å²) in [6.45, 7) is 9.75. The number of hydrogen-bond acceptors (Lipinski definition) is 10. The molecule has 6 rings (SSSR count). The van der Waals surface area contributed by atoms with E-state index in [0.29, 0.717) is 30.4 Å². The van der Waals surface area contributed by atoms with E-state index in [1.54, 1.807) is 80.4 Å². The van der Waals surface area contributed by atoms with Crippen molar-refractivity contribution in [2.24, 2.45) is 7.05 Å². The van der Waals surface area contributed by atoms with E-state index < -0.39 is 59.0 Å². The second kappa shape index (κ2) is 14.6. The van der Waals surface area contributed by atoms with Gasteiger partial charge in [0, 0.05) is 49.4 Å². The standard InChI is InChI=1S/C40H48FN5O8/c1-38(2,3)52-34(48)23-44(24-35(49)53-39(4,5)6)30-17-31(18-30)45(20-25-8-11-29(41)12-9-25)33(47)22-46-36(50)40(54-37(46)51)15-14-27-16-26(10-13-32(27)40)28-19-42-43(7)21-28/h8-13,16,19,21,30-31H,14-15,17-18,20,22-24H2,1-7H3/t30?,31?,40-/m1/s1. The van der Waals surface area contributed by atoms with Crippen LogP contribution in [0.3, 0.4) is 0 Å². The molecular formula is C40H48FN5O8. The average Bonchev–Trinajstić information content (AvgIpc) is 3.70. The van der Waals surface area contributed by atoms with Crippen molar-refractivity contribution in [2.75, 3.05) is 19.6 Å². The summed E-state index contributed by atoms with van der Waals surface area (Å²) in [4.78, 5) is 71.5. The molecule has 1 aliphatic heterocycles. The summed E-state index contributed by atoms with van der Waals surface area (Å²) < 4.78 is 32.4. The highest BCUT2D eigenvalue weighted by Crippen LogP contribution is 2.46. The Morgan fingerprint density at radius 1 is 0.926 bits per heavy atom. The molecule has 2 heterocycles. The van der Waals surface area contributed by atoms with Gasteiger partial charge in [-0.15, -0.1) is 0 Å². The van der Waals surface area contributed by atoms with Gasteiger partial charge >= 0.3 is 18.0 Å². The molecule has 14 heteroatoms. The number of aryl methyl sites for hydroxylation is 2. The smallest absolute Gasteiger partial charge is 0.418 e. The molecule has 1 aromatic heterocycles. The number of imide groups is 1. The van der Waals surface area contributed by atoms with Crippen LogP contribution in [0.2, 0.25) is 0 Å². The van der Waals surface area contributed by atoms with Crippen molar-refractivity contribution >= 4 is 29.8 Å². The first-order chi connectivity index (χ1) is 25.3. The number of fused-ring (bicyclic) bond motifs is 2. The molecule has 1 saturated carbocycles. The van der Waals surface area contributed by atoms with Crippen LogP contribution in [0, 0.1) is 5.82 Å². The van der Waals surface area contributed by atoms with Crippen molar-refractivity contribution in [2.45, 2.75) is 103 Å². The number of carbonyl (C=O) groups is 5. The topological polar surface area (TPSA) is 141 Å². The SMILES string of the molecule is Cn1cc(-c2ccc3c(c2)CC[C@@]32OC(=O)N(CC(=O)N(Cc3ccc(F)cc3)C3CC(N(CC(=O)OC(C)(C)C)CC(=O)OC(C)(C)C)C3)C2=O)cn1. The van der Waals surface area contributed by atoms with Crippen LogP contribution in [0.15, 0.2) is 54.9 Å². The van der Waals surface area contributed by atoms with Gasteiger partial charge in [-0.3, -0.25) is 28.8 Å². The maximum Gasteiger partial charge on any atom is 0.418 e. The summed E-state index contributed by atoms with van der Waals surface area (Å²) in [6.07, 6.45) is 4.27. The Labute approximate surface area is 314 Å². The highest BCUT2D eigenvalue weighted by molar-refractivity contribution is 6.06. The van der Waals surface area contributed by atoms with Gasteiger partial charge in [0.1, 0.15) is 23.6 Å². The van der Waals surface area contributed by atoms with E-state index in [0.717, 1.165) is 21.6 Å². The lowest BCUT2D eigenvalue weighted by atomic mass is 9.83. The van der Waals surface area contributed by atoms with E-state index in [9.17, 15) is 28.4 Å². The third-order valence-corrected chi connectivity index (χ3v) is 9.83. The molecule has 3 aliphatic rings. The van der Waals surface area contributed by atoms with Crippen molar-refractivity contribution in [1.29, 1.82) is 0 Å². The van der Waals surface area contributed by atoms with Crippen LogP contribution in [0.1, 0.15) is 77.5 Å². The van der Waals surface area contributed by atoms with E-state index in [2.05, 4.69) is 5.10 Å². The number of halogens is 1. The lowest BCUT2D eigenvalue weighted by molar-refractivity contribution is -0.163. The van der Waals surface area contributed by atoms with Gasteiger partial charge in [-0.2, -0.15) is 5.10 Å². The zero-order valence-electron chi connectivity index (χ0n) is 31.9. The predicted molar refractivity (Wildman–Crippen MR) is 194 cm³/mol. The largest absolute Gasteiger partial charge is 0.459 e. The summed E-state index contributed by atoms with van der Waals surface area (Å²) in [5, 5.41) is 4.24. The van der Waals surface area contributed by atoms with E-state index in [1.165, 1.54) is 12.1 Å². The number of aromatic nitrogens is 2. The molecule has 1 saturated heterocycles. The lowest BCUT2D eigenvalue weighted by Crippen LogP contribution is -2.58. The van der Waals surface area contributed by atoms with Crippen molar-refractivity contribution in [3.05, 3.63) is 77.4 Å². The van der Waals surface area contributed by atoms with Gasteiger partial charge in [0.2, 0.25) is 11.5 Å². The lowest BCUT2D eigenvalue weighted by Gasteiger charge is -2.47. The fraction of sp³-hybridized carbons (Fsp3) is 0.500. The van der Waals surface area contributed by atoms with Crippen molar-refractivity contribution < 1.29 is 42.6 Å². The number of hydrogen-bond donors (Lipinski definition) is 0. The minimum atomic E-state index is -1.52. The first-order valence-electron chi connectivity index (χ1n) is 18.2. The van der Waals surface area contributed by atoms with Crippen molar-refractivity contribution in [3.63, 3.8) is 0 Å². The third kappa shape index (κ3) is 8.48. The number of rotatable bonds is 11. The molecule has 0 radical (unpaired) electrons. The predicted octanol–water partition coefficient (Wildman–Crippen LogP) is 4.89. The molecule has 0 N–H and O–H groups in total. The van der Waals surface area contributed by atoms with Gasteiger partial charge in [-0.25, -0.2) is 14.1 Å². The Hall–Kier alpha value is -5.11. The fourth-order valence-corrected chi connectivity index (χ4v) is 7.34. The fourth-order valence-electron chi connectivity index (χ4n) is 7.34. The van der Waals surface area contributed by atoms with Gasteiger partial charge in [-0.05, 0) is 89.6 Å². The number of carbonyl (C=O) groups excluding carboxylic acids is 5. The molecule has 0 bridgehead atoms. The van der Waals surface area contributed by atoms with E-state index in [-0.39, 0.29) is 38.1 Å². The third-order valence-electron chi connectivity index (χ3n) is 9.83. The number of esters is 2. The van der Waals surface area contributed by atoms with Gasteiger partial charge in [0.05, 0.1) is 19.3 Å². The van der Waals surface area contributed by atoms with Crippen LogP contribution in [0.25, 0.3) is 11.1 Å². The molecule has 3 amide bonds. The second-order valence-electron chi connectivity index (χ2n) is 16.4. The Balaban J connectivity index is 1.19. The van der Waals surface area contributed by atoms with Gasteiger partial charge < -0.3 is 19.1 Å². The number of ether oxygens (including phenoxy) is 3. The van der Waals surface area contributed by atoms with Crippen LogP contribution >= 0.6 is 0 Å². The number of amides is 3. The second-order valence-corrected chi connectivity index (χ2v) is 16.4. The molecule has 3 aromatic rings. The maximum absolute atomic E-state index is 14.2. The molecule has 2 fully saturated rings. The quantitative estimate of drug-likeness (QED) is 0.197. The maximum atomic E-state index is 14.2. The van der Waals surface area contributed by atoms with Crippen LogP contribution < -0.4 is 0 Å². The Morgan fingerprint density at radius 3 is 2.13 bits per heavy atom. The van der Waals surface area contributed by atoms with Crippen LogP contribution in [0.5, 0.6) is 0 Å². The van der Waals surface area contributed by atoms with Gasteiger partial charge in [-0.1, -0.05) is 30.3 Å². The number of benzene rings is 2. The first-order valence-corrected chi connectivity index (χ1v) is 18.2. The van der Waals surface area contributed by atoms with E-state index in [1.807, 2.05) is 25.4 Å². The molecule has 2 aliphatic carbocycles. The minimum Gasteiger partial charge on any atom is -0.459 e. The number of nitrogens with zero attached hydrogens (tertiary/aromatic N) is 5. The average molecular weight is 746 g/mol. The van der Waals surface area contributed by atoms with Gasteiger partial charge in [0.25, 0.3) is 5.91 Å². The summed E-state index contributed by atoms with van der Waals surface area (Å²) >= 11 is 0. The molecule has 54 heavy (non-hydrogen) atoms. The Morgan fingerprint density at radius 2 is 1.56 bits per heavy atom. The van der Waals surface area contributed by atoms with Crippen LogP contribution in [-0.4, -0.2) is 97.2 Å².